The molecule has 0 aliphatic carbocycles. The van der Waals surface area contributed by atoms with E-state index in [4.69, 9.17) is 9.47 Å². The van der Waals surface area contributed by atoms with E-state index in [-0.39, 0.29) is 11.9 Å². The van der Waals surface area contributed by atoms with Crippen molar-refractivity contribution >= 4 is 5.91 Å². The first-order valence-corrected chi connectivity index (χ1v) is 7.24. The Morgan fingerprint density at radius 3 is 2.95 bits per heavy atom. The van der Waals surface area contributed by atoms with Crippen LogP contribution in [0.15, 0.2) is 30.9 Å². The first-order chi connectivity index (χ1) is 10.7. The van der Waals surface area contributed by atoms with Crippen molar-refractivity contribution in [3.05, 3.63) is 36.4 Å². The average Bonchev–Trinajstić information content (AvgIpc) is 3.06. The standard InChI is InChI=1S/C15H18N4O3/c1-11(18-15(20)4-5-19-10-16-9-17-19)12-2-3-13-14(8-12)22-7-6-21-13/h2-3,8-11H,4-7H2,1H3,(H,18,20). The molecule has 3 rings (SSSR count). The van der Waals surface area contributed by atoms with Crippen molar-refractivity contribution < 1.29 is 14.3 Å². The lowest BCUT2D eigenvalue weighted by molar-refractivity contribution is -0.122. The van der Waals surface area contributed by atoms with Crippen LogP contribution in [0.25, 0.3) is 0 Å². The van der Waals surface area contributed by atoms with Crippen LogP contribution in [0, 0.1) is 0 Å². The fourth-order valence-electron chi connectivity index (χ4n) is 2.29. The Morgan fingerprint density at radius 1 is 1.36 bits per heavy atom. The lowest BCUT2D eigenvalue weighted by Gasteiger charge is -2.21. The number of nitrogens with one attached hydrogen (secondary N) is 1. The average molecular weight is 302 g/mol. The normalized spacial score (nSPS) is 14.4. The van der Waals surface area contributed by atoms with Crippen molar-refractivity contribution in [3.8, 4) is 11.5 Å². The van der Waals surface area contributed by atoms with Crippen LogP contribution in [0.4, 0.5) is 0 Å². The molecule has 1 aliphatic heterocycles. The van der Waals surface area contributed by atoms with E-state index in [9.17, 15) is 4.79 Å². The predicted molar refractivity (Wildman–Crippen MR) is 78.6 cm³/mol. The minimum absolute atomic E-state index is 0.0297. The van der Waals surface area contributed by atoms with E-state index in [0.29, 0.717) is 26.2 Å². The summed E-state index contributed by atoms with van der Waals surface area (Å²) in [6.07, 6.45) is 3.41. The van der Waals surface area contributed by atoms with Crippen LogP contribution in [0.1, 0.15) is 24.9 Å². The van der Waals surface area contributed by atoms with Gasteiger partial charge in [-0.1, -0.05) is 6.07 Å². The zero-order valence-corrected chi connectivity index (χ0v) is 12.4. The number of hydrogen-bond acceptors (Lipinski definition) is 5. The van der Waals surface area contributed by atoms with Crippen LogP contribution < -0.4 is 14.8 Å². The number of amides is 1. The minimum atomic E-state index is -0.0981. The Kier molecular flexibility index (Phi) is 4.22. The summed E-state index contributed by atoms with van der Waals surface area (Å²) in [6, 6.07) is 5.63. The van der Waals surface area contributed by atoms with Gasteiger partial charge in [-0.3, -0.25) is 9.48 Å². The number of carbonyl (C=O) groups is 1. The topological polar surface area (TPSA) is 78.3 Å². The summed E-state index contributed by atoms with van der Waals surface area (Å²) in [4.78, 5) is 15.8. The molecule has 1 aliphatic rings. The van der Waals surface area contributed by atoms with E-state index in [1.54, 1.807) is 11.0 Å². The Balaban J connectivity index is 1.56. The smallest absolute Gasteiger partial charge is 0.222 e. The molecule has 1 amide bonds. The highest BCUT2D eigenvalue weighted by atomic mass is 16.6. The van der Waals surface area contributed by atoms with Crippen LogP contribution in [0.3, 0.4) is 0 Å². The molecule has 0 fully saturated rings. The molecule has 22 heavy (non-hydrogen) atoms. The number of hydrogen-bond donors (Lipinski definition) is 1. The van der Waals surface area contributed by atoms with Crippen molar-refractivity contribution in [2.75, 3.05) is 13.2 Å². The number of aromatic nitrogens is 3. The van der Waals surface area contributed by atoms with Crippen LogP contribution in [0.2, 0.25) is 0 Å². The molecule has 1 N–H and O–H groups in total. The highest BCUT2D eigenvalue weighted by Crippen LogP contribution is 2.32. The number of aryl methyl sites for hydroxylation is 1. The van der Waals surface area contributed by atoms with E-state index in [0.717, 1.165) is 17.1 Å². The molecule has 0 radical (unpaired) electrons. The summed E-state index contributed by atoms with van der Waals surface area (Å²) in [6.45, 7) is 3.58. The van der Waals surface area contributed by atoms with Gasteiger partial charge in [0, 0.05) is 6.42 Å². The summed E-state index contributed by atoms with van der Waals surface area (Å²) >= 11 is 0. The van der Waals surface area contributed by atoms with Gasteiger partial charge in [-0.15, -0.1) is 0 Å². The summed E-state index contributed by atoms with van der Waals surface area (Å²) in [5, 5.41) is 6.94. The molecule has 1 aromatic heterocycles. The second kappa shape index (κ2) is 6.46. The molecular formula is C15H18N4O3. The third kappa shape index (κ3) is 3.36. The summed E-state index contributed by atoms with van der Waals surface area (Å²) in [7, 11) is 0. The van der Waals surface area contributed by atoms with Gasteiger partial charge >= 0.3 is 0 Å². The van der Waals surface area contributed by atoms with Gasteiger partial charge in [0.25, 0.3) is 0 Å². The third-order valence-corrected chi connectivity index (χ3v) is 3.48. The number of carbonyl (C=O) groups excluding carboxylic acids is 1. The van der Waals surface area contributed by atoms with Gasteiger partial charge < -0.3 is 14.8 Å². The zero-order valence-electron chi connectivity index (χ0n) is 12.4. The summed E-state index contributed by atoms with van der Waals surface area (Å²) in [5.74, 6) is 1.45. The van der Waals surface area contributed by atoms with Crippen LogP contribution in [-0.4, -0.2) is 33.9 Å². The zero-order chi connectivity index (χ0) is 15.4. The van der Waals surface area contributed by atoms with Gasteiger partial charge in [-0.25, -0.2) is 4.98 Å². The largest absolute Gasteiger partial charge is 0.486 e. The van der Waals surface area contributed by atoms with E-state index in [2.05, 4.69) is 15.4 Å². The first kappa shape index (κ1) is 14.4. The summed E-state index contributed by atoms with van der Waals surface area (Å²) in [5.41, 5.74) is 0.985. The van der Waals surface area contributed by atoms with Gasteiger partial charge in [0.15, 0.2) is 11.5 Å². The minimum Gasteiger partial charge on any atom is -0.486 e. The molecule has 0 spiro atoms. The number of benzene rings is 1. The van der Waals surface area contributed by atoms with Gasteiger partial charge in [-0.05, 0) is 24.6 Å². The Bertz CT molecular complexity index is 642. The number of ether oxygens (including phenoxy) is 2. The lowest BCUT2D eigenvalue weighted by atomic mass is 10.1. The maximum Gasteiger partial charge on any atom is 0.222 e. The quantitative estimate of drug-likeness (QED) is 0.901. The van der Waals surface area contributed by atoms with Crippen molar-refractivity contribution in [2.24, 2.45) is 0 Å². The molecule has 7 nitrogen and oxygen atoms in total. The third-order valence-electron chi connectivity index (χ3n) is 3.48. The van der Waals surface area contributed by atoms with Gasteiger partial charge in [-0.2, -0.15) is 5.10 Å². The molecule has 2 heterocycles. The Morgan fingerprint density at radius 2 is 2.18 bits per heavy atom. The molecule has 1 atom stereocenters. The predicted octanol–water partition coefficient (Wildman–Crippen LogP) is 1.32. The van der Waals surface area contributed by atoms with Gasteiger partial charge in [0.05, 0.1) is 12.6 Å². The molecular weight excluding hydrogens is 284 g/mol. The Labute approximate surface area is 128 Å². The van der Waals surface area contributed by atoms with Crippen molar-refractivity contribution in [3.63, 3.8) is 0 Å². The van der Waals surface area contributed by atoms with Crippen LogP contribution in [0.5, 0.6) is 11.5 Å². The van der Waals surface area contributed by atoms with Crippen LogP contribution in [-0.2, 0) is 11.3 Å². The maximum atomic E-state index is 12.0. The second-order valence-corrected chi connectivity index (χ2v) is 5.10. The molecule has 1 aromatic carbocycles. The fraction of sp³-hybridized carbons (Fsp3) is 0.400. The summed E-state index contributed by atoms with van der Waals surface area (Å²) < 4.78 is 12.7. The van der Waals surface area contributed by atoms with Gasteiger partial charge in [0.1, 0.15) is 25.9 Å². The number of fused-ring (bicyclic) bond motifs is 1. The SMILES string of the molecule is CC(NC(=O)CCn1cncn1)c1ccc2c(c1)OCCO2. The maximum absolute atomic E-state index is 12.0. The highest BCUT2D eigenvalue weighted by molar-refractivity contribution is 5.76. The molecule has 2 aromatic rings. The molecule has 0 bridgehead atoms. The van der Waals surface area contributed by atoms with Crippen molar-refractivity contribution in [1.29, 1.82) is 0 Å². The van der Waals surface area contributed by atoms with Crippen molar-refractivity contribution in [2.45, 2.75) is 25.9 Å². The first-order valence-electron chi connectivity index (χ1n) is 7.24. The molecule has 7 heteroatoms. The fourth-order valence-corrected chi connectivity index (χ4v) is 2.29. The molecule has 0 saturated heterocycles. The van der Waals surface area contributed by atoms with E-state index in [1.165, 1.54) is 6.33 Å². The monoisotopic (exact) mass is 302 g/mol. The second-order valence-electron chi connectivity index (χ2n) is 5.10. The van der Waals surface area contributed by atoms with Crippen LogP contribution >= 0.6 is 0 Å². The number of rotatable bonds is 5. The highest BCUT2D eigenvalue weighted by Gasteiger charge is 2.15. The van der Waals surface area contributed by atoms with Crippen molar-refractivity contribution in [1.82, 2.24) is 20.1 Å². The van der Waals surface area contributed by atoms with E-state index in [1.807, 2.05) is 25.1 Å². The van der Waals surface area contributed by atoms with Gasteiger partial charge in [0.2, 0.25) is 5.91 Å². The lowest BCUT2D eigenvalue weighted by Crippen LogP contribution is -2.27. The number of nitrogens with zero attached hydrogens (tertiary/aromatic N) is 3. The van der Waals surface area contributed by atoms with E-state index < -0.39 is 0 Å². The molecule has 0 saturated carbocycles. The van der Waals surface area contributed by atoms with E-state index >= 15 is 0 Å². The molecule has 1 unspecified atom stereocenters. The molecule has 116 valence electrons. The Hall–Kier alpha value is -2.57.